The molecule has 4 heteroatoms. The number of rotatable bonds is 2. The fourth-order valence-corrected chi connectivity index (χ4v) is 1.86. The van der Waals surface area contributed by atoms with Gasteiger partial charge in [0.2, 0.25) is 0 Å². The van der Waals surface area contributed by atoms with Crippen LogP contribution >= 0.6 is 23.8 Å². The molecule has 2 aromatic rings. The molecule has 0 bridgehead atoms. The van der Waals surface area contributed by atoms with Crippen molar-refractivity contribution in [1.29, 1.82) is 0 Å². The van der Waals surface area contributed by atoms with Gasteiger partial charge in [-0.25, -0.2) is 0 Å². The van der Waals surface area contributed by atoms with Crippen molar-refractivity contribution in [1.82, 2.24) is 4.90 Å². The van der Waals surface area contributed by atoms with Gasteiger partial charge >= 0.3 is 0 Å². The Morgan fingerprint density at radius 1 is 1.22 bits per heavy atom. The first-order chi connectivity index (χ1) is 8.49. The summed E-state index contributed by atoms with van der Waals surface area (Å²) < 4.78 is 5.75. The van der Waals surface area contributed by atoms with Crippen molar-refractivity contribution in [2.75, 3.05) is 14.1 Å². The van der Waals surface area contributed by atoms with Crippen LogP contribution in [0.4, 0.5) is 0 Å². The summed E-state index contributed by atoms with van der Waals surface area (Å²) in [5.74, 6) is 1.47. The van der Waals surface area contributed by atoms with Gasteiger partial charge in [-0.15, -0.1) is 0 Å². The van der Waals surface area contributed by atoms with E-state index >= 15 is 0 Å². The quantitative estimate of drug-likeness (QED) is 0.769. The van der Waals surface area contributed by atoms with Crippen molar-refractivity contribution < 1.29 is 4.42 Å². The fraction of sp³-hybridized carbons (Fsp3) is 0.214. The maximum Gasteiger partial charge on any atom is 0.162 e. The molecule has 0 saturated carbocycles. The number of hydrogen-bond acceptors (Lipinski definition) is 2. The number of benzene rings is 1. The van der Waals surface area contributed by atoms with E-state index in [1.807, 2.05) is 56.3 Å². The van der Waals surface area contributed by atoms with Gasteiger partial charge in [0.25, 0.3) is 0 Å². The minimum Gasteiger partial charge on any atom is -0.454 e. The highest BCUT2D eigenvalue weighted by molar-refractivity contribution is 7.80. The molecule has 0 saturated heterocycles. The lowest BCUT2D eigenvalue weighted by Gasteiger charge is -2.10. The fourth-order valence-electron chi connectivity index (χ4n) is 1.57. The molecular weight excluding hydrogens is 266 g/mol. The van der Waals surface area contributed by atoms with Gasteiger partial charge in [-0.3, -0.25) is 0 Å². The first kappa shape index (κ1) is 13.1. The Morgan fingerprint density at radius 3 is 2.56 bits per heavy atom. The SMILES string of the molecule is Cc1ccc(-c2ccc(C(=S)N(C)C)o2)cc1Cl. The number of halogens is 1. The Kier molecular flexibility index (Phi) is 3.73. The van der Waals surface area contributed by atoms with Crippen molar-refractivity contribution >= 4 is 28.8 Å². The number of thiocarbonyl (C=S) groups is 1. The van der Waals surface area contributed by atoms with Gasteiger partial charge in [0.05, 0.1) is 0 Å². The second-order valence-electron chi connectivity index (χ2n) is 4.33. The minimum atomic E-state index is 0.680. The summed E-state index contributed by atoms with van der Waals surface area (Å²) in [6.45, 7) is 1.97. The van der Waals surface area contributed by atoms with E-state index in [4.69, 9.17) is 28.2 Å². The zero-order valence-electron chi connectivity index (χ0n) is 10.5. The normalized spacial score (nSPS) is 10.4. The van der Waals surface area contributed by atoms with E-state index in [9.17, 15) is 0 Å². The molecule has 0 aliphatic heterocycles. The molecule has 94 valence electrons. The molecule has 0 N–H and O–H groups in total. The van der Waals surface area contributed by atoms with Crippen LogP contribution in [0.1, 0.15) is 11.3 Å². The van der Waals surface area contributed by atoms with Crippen molar-refractivity contribution in [3.05, 3.63) is 46.7 Å². The van der Waals surface area contributed by atoms with Gasteiger partial charge in [0.15, 0.2) is 5.76 Å². The Morgan fingerprint density at radius 2 is 1.94 bits per heavy atom. The van der Waals surface area contributed by atoms with Crippen molar-refractivity contribution in [3.8, 4) is 11.3 Å². The number of hydrogen-bond donors (Lipinski definition) is 0. The predicted octanol–water partition coefficient (Wildman–Crippen LogP) is 4.15. The maximum atomic E-state index is 6.11. The summed E-state index contributed by atoms with van der Waals surface area (Å²) in [6.07, 6.45) is 0. The largest absolute Gasteiger partial charge is 0.454 e. The standard InChI is InChI=1S/C14H14ClNOS/c1-9-4-5-10(8-11(9)15)12-6-7-13(17-12)14(18)16(2)3/h4-8H,1-3H3. The molecule has 1 heterocycles. The summed E-state index contributed by atoms with van der Waals surface area (Å²) in [7, 11) is 3.79. The van der Waals surface area contributed by atoms with Crippen LogP contribution in [0.3, 0.4) is 0 Å². The van der Waals surface area contributed by atoms with Crippen LogP contribution in [0.5, 0.6) is 0 Å². The van der Waals surface area contributed by atoms with Crippen molar-refractivity contribution in [2.24, 2.45) is 0 Å². The highest BCUT2D eigenvalue weighted by Gasteiger charge is 2.11. The second-order valence-corrected chi connectivity index (χ2v) is 5.12. The molecule has 18 heavy (non-hydrogen) atoms. The van der Waals surface area contributed by atoms with Crippen molar-refractivity contribution in [3.63, 3.8) is 0 Å². The van der Waals surface area contributed by atoms with E-state index in [0.717, 1.165) is 21.9 Å². The summed E-state index contributed by atoms with van der Waals surface area (Å²) in [4.78, 5) is 2.53. The average Bonchev–Trinajstić information content (AvgIpc) is 2.81. The molecule has 2 nitrogen and oxygen atoms in total. The molecule has 1 aromatic carbocycles. The highest BCUT2D eigenvalue weighted by atomic mass is 35.5. The van der Waals surface area contributed by atoms with E-state index in [1.54, 1.807) is 0 Å². The third-order valence-electron chi connectivity index (χ3n) is 2.68. The zero-order valence-corrected chi connectivity index (χ0v) is 12.1. The predicted molar refractivity (Wildman–Crippen MR) is 79.3 cm³/mol. The number of furan rings is 1. The van der Waals surface area contributed by atoms with Gasteiger partial charge in [0.1, 0.15) is 10.7 Å². The smallest absolute Gasteiger partial charge is 0.162 e. The van der Waals surface area contributed by atoms with Crippen LogP contribution in [0, 0.1) is 6.92 Å². The third kappa shape index (κ3) is 2.57. The molecular formula is C14H14ClNOS. The van der Waals surface area contributed by atoms with Crippen LogP contribution in [0.2, 0.25) is 5.02 Å². The Hall–Kier alpha value is -1.32. The van der Waals surface area contributed by atoms with Gasteiger partial charge < -0.3 is 9.32 Å². The molecule has 0 unspecified atom stereocenters. The van der Waals surface area contributed by atoms with Gasteiger partial charge in [-0.2, -0.15) is 0 Å². The third-order valence-corrected chi connectivity index (χ3v) is 3.65. The van der Waals surface area contributed by atoms with E-state index in [2.05, 4.69) is 0 Å². The Balaban J connectivity index is 2.35. The average molecular weight is 280 g/mol. The van der Waals surface area contributed by atoms with E-state index < -0.39 is 0 Å². The molecule has 1 aromatic heterocycles. The Bertz CT molecular complexity index is 589. The van der Waals surface area contributed by atoms with Crippen LogP contribution in [0.15, 0.2) is 34.7 Å². The van der Waals surface area contributed by atoms with E-state index in [0.29, 0.717) is 10.7 Å². The molecule has 0 radical (unpaired) electrons. The zero-order chi connectivity index (χ0) is 13.3. The summed E-state index contributed by atoms with van der Waals surface area (Å²) >= 11 is 11.4. The monoisotopic (exact) mass is 279 g/mol. The molecule has 2 rings (SSSR count). The lowest BCUT2D eigenvalue weighted by atomic mass is 10.1. The van der Waals surface area contributed by atoms with Crippen LogP contribution in [0.25, 0.3) is 11.3 Å². The number of aryl methyl sites for hydroxylation is 1. The molecule has 0 aliphatic carbocycles. The maximum absolute atomic E-state index is 6.11. The lowest BCUT2D eigenvalue weighted by molar-refractivity contribution is 0.545. The van der Waals surface area contributed by atoms with E-state index in [1.165, 1.54) is 0 Å². The second kappa shape index (κ2) is 5.12. The summed E-state index contributed by atoms with van der Waals surface area (Å²) in [5, 5.41) is 0.737. The summed E-state index contributed by atoms with van der Waals surface area (Å²) in [6, 6.07) is 9.66. The Labute approximate surface area is 117 Å². The van der Waals surface area contributed by atoms with Crippen LogP contribution in [-0.4, -0.2) is 24.0 Å². The lowest BCUT2D eigenvalue weighted by Crippen LogP contribution is -2.19. The van der Waals surface area contributed by atoms with Crippen molar-refractivity contribution in [2.45, 2.75) is 6.92 Å². The summed E-state index contributed by atoms with van der Waals surface area (Å²) in [5.41, 5.74) is 2.01. The number of nitrogens with zero attached hydrogens (tertiary/aromatic N) is 1. The van der Waals surface area contributed by atoms with E-state index in [-0.39, 0.29) is 0 Å². The molecule has 0 aliphatic rings. The molecule has 0 amide bonds. The first-order valence-corrected chi connectivity index (χ1v) is 6.35. The van der Waals surface area contributed by atoms with Crippen LogP contribution < -0.4 is 0 Å². The molecule has 0 spiro atoms. The highest BCUT2D eigenvalue weighted by Crippen LogP contribution is 2.27. The topological polar surface area (TPSA) is 16.4 Å². The minimum absolute atomic E-state index is 0.680. The first-order valence-electron chi connectivity index (χ1n) is 5.57. The van der Waals surface area contributed by atoms with Gasteiger partial charge in [-0.05, 0) is 30.7 Å². The molecule has 0 atom stereocenters. The molecule has 0 fully saturated rings. The van der Waals surface area contributed by atoms with Gasteiger partial charge in [-0.1, -0.05) is 36.0 Å². The van der Waals surface area contributed by atoms with Gasteiger partial charge in [0, 0.05) is 24.7 Å². The van der Waals surface area contributed by atoms with Crippen LogP contribution in [-0.2, 0) is 0 Å².